The molecule has 2 heterocycles. The number of nitrogens with zero attached hydrogens (tertiary/aromatic N) is 3. The molecule has 0 aliphatic carbocycles. The number of rotatable bonds is 4. The van der Waals surface area contributed by atoms with Crippen LogP contribution in [0.4, 0.5) is 10.1 Å². The van der Waals surface area contributed by atoms with Crippen molar-refractivity contribution in [2.45, 2.75) is 19.4 Å². The van der Waals surface area contributed by atoms with Crippen LogP contribution in [-0.4, -0.2) is 22.8 Å². The smallest absolute Gasteiger partial charge is 0.230 e. The summed E-state index contributed by atoms with van der Waals surface area (Å²) in [7, 11) is 1.64. The van der Waals surface area contributed by atoms with Gasteiger partial charge in [0.2, 0.25) is 5.91 Å². The van der Waals surface area contributed by atoms with Crippen molar-refractivity contribution in [3.8, 4) is 11.4 Å². The molecule has 0 radical (unpaired) electrons. The van der Waals surface area contributed by atoms with Crippen LogP contribution in [0.2, 0.25) is 0 Å². The summed E-state index contributed by atoms with van der Waals surface area (Å²) in [5.41, 5.74) is 3.61. The fourth-order valence-electron chi connectivity index (χ4n) is 4.31. The summed E-state index contributed by atoms with van der Waals surface area (Å²) < 4.78 is 20.3. The topological polar surface area (TPSA) is 47.4 Å². The second-order valence-corrected chi connectivity index (χ2v) is 7.91. The van der Waals surface area contributed by atoms with Gasteiger partial charge in [0.1, 0.15) is 11.6 Å². The van der Waals surface area contributed by atoms with Gasteiger partial charge in [0.05, 0.1) is 30.6 Å². The van der Waals surface area contributed by atoms with E-state index < -0.39 is 0 Å². The summed E-state index contributed by atoms with van der Waals surface area (Å²) in [4.78, 5) is 14.9. The number of halogens is 1. The van der Waals surface area contributed by atoms with Gasteiger partial charge in [0, 0.05) is 17.0 Å². The number of ether oxygens (including phenoxy) is 1. The van der Waals surface area contributed by atoms with Crippen molar-refractivity contribution in [3.63, 3.8) is 0 Å². The number of fused-ring (bicyclic) bond motifs is 1. The van der Waals surface area contributed by atoms with Gasteiger partial charge in [-0.3, -0.25) is 4.79 Å². The van der Waals surface area contributed by atoms with Crippen LogP contribution in [0.3, 0.4) is 0 Å². The Morgan fingerprint density at radius 3 is 2.42 bits per heavy atom. The molecule has 1 amide bonds. The highest BCUT2D eigenvalue weighted by molar-refractivity contribution is 5.99. The number of benzene rings is 3. The monoisotopic (exact) mass is 415 g/mol. The van der Waals surface area contributed by atoms with Crippen molar-refractivity contribution < 1.29 is 13.9 Å². The maximum atomic E-state index is 13.3. The minimum atomic E-state index is -0.284. The van der Waals surface area contributed by atoms with Crippen LogP contribution in [0.5, 0.6) is 5.75 Å². The van der Waals surface area contributed by atoms with Crippen LogP contribution in [0, 0.1) is 11.7 Å². The van der Waals surface area contributed by atoms with Gasteiger partial charge in [-0.1, -0.05) is 19.1 Å². The minimum Gasteiger partial charge on any atom is -0.497 e. The van der Waals surface area contributed by atoms with Gasteiger partial charge in [-0.05, 0) is 66.6 Å². The van der Waals surface area contributed by atoms with Gasteiger partial charge in [-0.15, -0.1) is 0 Å². The number of hydrogen-bond donors (Lipinski definition) is 0. The maximum Gasteiger partial charge on any atom is 0.230 e. The highest BCUT2D eigenvalue weighted by Crippen LogP contribution is 2.41. The molecule has 1 fully saturated rings. The molecule has 0 bridgehead atoms. The molecule has 0 spiro atoms. The van der Waals surface area contributed by atoms with E-state index >= 15 is 0 Å². The average molecular weight is 415 g/mol. The number of hydrogen-bond acceptors (Lipinski definition) is 3. The highest BCUT2D eigenvalue weighted by Gasteiger charge is 2.38. The van der Waals surface area contributed by atoms with Gasteiger partial charge in [-0.25, -0.2) is 9.07 Å². The predicted molar refractivity (Wildman–Crippen MR) is 118 cm³/mol. The van der Waals surface area contributed by atoms with Crippen LogP contribution < -0.4 is 9.64 Å². The summed E-state index contributed by atoms with van der Waals surface area (Å²) in [5.74, 6) is 0.576. The summed E-state index contributed by atoms with van der Waals surface area (Å²) in [6.45, 7) is 1.98. The molecule has 5 nitrogen and oxygen atoms in total. The molecule has 31 heavy (non-hydrogen) atoms. The number of carbonyl (C=O) groups is 1. The Morgan fingerprint density at radius 2 is 1.71 bits per heavy atom. The molecule has 4 aromatic rings. The van der Waals surface area contributed by atoms with Gasteiger partial charge < -0.3 is 9.64 Å². The van der Waals surface area contributed by atoms with E-state index in [1.807, 2.05) is 54.3 Å². The fourth-order valence-corrected chi connectivity index (χ4v) is 4.31. The largest absolute Gasteiger partial charge is 0.497 e. The zero-order chi connectivity index (χ0) is 21.5. The standard InChI is InChI=1S/C25H22FN3O2/c1-16-13-24(17-3-10-22(31-2)11-4-17)28(25(16)30)21-9-12-23-18(14-21)15-27-29(23)20-7-5-19(26)6-8-20/h3-12,14-16,24H,13H2,1-2H3/t16-,24-/m0/s1. The van der Waals surface area contributed by atoms with E-state index in [0.29, 0.717) is 0 Å². The van der Waals surface area contributed by atoms with Crippen LogP contribution in [-0.2, 0) is 4.79 Å². The lowest BCUT2D eigenvalue weighted by Gasteiger charge is -2.25. The van der Waals surface area contributed by atoms with Crippen LogP contribution >= 0.6 is 0 Å². The Labute approximate surface area is 179 Å². The Balaban J connectivity index is 1.53. The third-order valence-corrected chi connectivity index (χ3v) is 5.95. The van der Waals surface area contributed by atoms with Crippen molar-refractivity contribution in [3.05, 3.63) is 84.3 Å². The molecule has 0 N–H and O–H groups in total. The molecule has 6 heteroatoms. The molecule has 1 aliphatic rings. The third kappa shape index (κ3) is 3.34. The highest BCUT2D eigenvalue weighted by atomic mass is 19.1. The first-order valence-corrected chi connectivity index (χ1v) is 10.3. The van der Waals surface area contributed by atoms with Gasteiger partial charge in [-0.2, -0.15) is 5.10 Å². The zero-order valence-electron chi connectivity index (χ0n) is 17.3. The van der Waals surface area contributed by atoms with Crippen LogP contribution in [0.15, 0.2) is 72.9 Å². The molecule has 1 saturated heterocycles. The van der Waals surface area contributed by atoms with Crippen molar-refractivity contribution in [1.82, 2.24) is 9.78 Å². The van der Waals surface area contributed by atoms with E-state index in [1.54, 1.807) is 30.1 Å². The summed E-state index contributed by atoms with van der Waals surface area (Å²) in [5, 5.41) is 5.39. The lowest BCUT2D eigenvalue weighted by Crippen LogP contribution is -2.28. The third-order valence-electron chi connectivity index (χ3n) is 5.95. The molecule has 156 valence electrons. The Kier molecular flexibility index (Phi) is 4.70. The van der Waals surface area contributed by atoms with Crippen molar-refractivity contribution in [2.75, 3.05) is 12.0 Å². The van der Waals surface area contributed by atoms with Crippen LogP contribution in [0.1, 0.15) is 24.9 Å². The molecule has 0 saturated carbocycles. The van der Waals surface area contributed by atoms with E-state index in [-0.39, 0.29) is 23.7 Å². The first kappa shape index (κ1) is 19.3. The van der Waals surface area contributed by atoms with Crippen molar-refractivity contribution >= 4 is 22.5 Å². The predicted octanol–water partition coefficient (Wildman–Crippen LogP) is 5.29. The summed E-state index contributed by atoms with van der Waals surface area (Å²) in [6, 6.07) is 20.0. The average Bonchev–Trinajstić information content (AvgIpc) is 3.35. The number of anilines is 1. The summed E-state index contributed by atoms with van der Waals surface area (Å²) >= 11 is 0. The van der Waals surface area contributed by atoms with Crippen molar-refractivity contribution in [1.29, 1.82) is 0 Å². The minimum absolute atomic E-state index is 0.0296. The molecule has 3 aromatic carbocycles. The van der Waals surface area contributed by atoms with E-state index in [2.05, 4.69) is 5.10 Å². The lowest BCUT2D eigenvalue weighted by atomic mass is 10.0. The second-order valence-electron chi connectivity index (χ2n) is 7.91. The van der Waals surface area contributed by atoms with Gasteiger partial charge in [0.25, 0.3) is 0 Å². The molecule has 0 unspecified atom stereocenters. The first-order chi connectivity index (χ1) is 15.0. The van der Waals surface area contributed by atoms with Gasteiger partial charge >= 0.3 is 0 Å². The van der Waals surface area contributed by atoms with E-state index in [4.69, 9.17) is 4.74 Å². The number of carbonyl (C=O) groups excluding carboxylic acids is 1. The SMILES string of the molecule is COc1ccc([C@@H]2C[C@H](C)C(=O)N2c2ccc3c(cnn3-c3ccc(F)cc3)c2)cc1. The Hall–Kier alpha value is -3.67. The molecule has 5 rings (SSSR count). The molecular weight excluding hydrogens is 393 g/mol. The number of aromatic nitrogens is 2. The number of methoxy groups -OCH3 is 1. The van der Waals surface area contributed by atoms with E-state index in [9.17, 15) is 9.18 Å². The van der Waals surface area contributed by atoms with Gasteiger partial charge in [0.15, 0.2) is 0 Å². The lowest BCUT2D eigenvalue weighted by molar-refractivity contribution is -0.120. The summed E-state index contributed by atoms with van der Waals surface area (Å²) in [6.07, 6.45) is 2.53. The molecule has 1 aromatic heterocycles. The quantitative estimate of drug-likeness (QED) is 0.455. The maximum absolute atomic E-state index is 13.3. The Bertz CT molecular complexity index is 1250. The second kappa shape index (κ2) is 7.54. The first-order valence-electron chi connectivity index (χ1n) is 10.3. The normalized spacial score (nSPS) is 18.7. The van der Waals surface area contributed by atoms with E-state index in [1.165, 1.54) is 12.1 Å². The van der Waals surface area contributed by atoms with E-state index in [0.717, 1.165) is 40.0 Å². The van der Waals surface area contributed by atoms with Crippen LogP contribution in [0.25, 0.3) is 16.6 Å². The Morgan fingerprint density at radius 1 is 1.00 bits per heavy atom. The molecule has 2 atom stereocenters. The fraction of sp³-hybridized carbons (Fsp3) is 0.200. The molecule has 1 aliphatic heterocycles. The van der Waals surface area contributed by atoms with Crippen molar-refractivity contribution in [2.24, 2.45) is 5.92 Å². The number of amides is 1. The zero-order valence-corrected chi connectivity index (χ0v) is 17.3. The molecular formula is C25H22FN3O2.